The number of carbonyl (C=O) groups excluding carboxylic acids is 3. The van der Waals surface area contributed by atoms with Gasteiger partial charge in [0.1, 0.15) is 12.6 Å². The molecule has 5 rings (SSSR count). The van der Waals surface area contributed by atoms with E-state index in [4.69, 9.17) is 14.5 Å². The Morgan fingerprint density at radius 3 is 2.13 bits per heavy atom. The van der Waals surface area contributed by atoms with Gasteiger partial charge in [-0.05, 0) is 61.3 Å². The van der Waals surface area contributed by atoms with E-state index in [1.807, 2.05) is 78.9 Å². The molecule has 13 heteroatoms. The number of amides is 4. The molecule has 2 aromatic carbocycles. The van der Waals surface area contributed by atoms with Gasteiger partial charge in [-0.15, -0.1) is 11.3 Å². The number of ether oxygens (including phenoxy) is 2. The zero-order valence-electron chi connectivity index (χ0n) is 32.2. The van der Waals surface area contributed by atoms with Crippen molar-refractivity contribution in [2.45, 2.75) is 83.1 Å². The van der Waals surface area contributed by atoms with Crippen molar-refractivity contribution in [3.8, 4) is 0 Å². The number of hydrogen-bond donors (Lipinski definition) is 3. The van der Waals surface area contributed by atoms with Gasteiger partial charge >= 0.3 is 12.1 Å². The Bertz CT molecular complexity index is 1740. The molecule has 2 aromatic heterocycles. The van der Waals surface area contributed by atoms with Crippen LogP contribution in [-0.4, -0.2) is 95.8 Å². The van der Waals surface area contributed by atoms with Crippen molar-refractivity contribution in [3.05, 3.63) is 118 Å². The second-order valence-corrected chi connectivity index (χ2v) is 15.3. The van der Waals surface area contributed by atoms with Gasteiger partial charge in [0.15, 0.2) is 0 Å². The van der Waals surface area contributed by atoms with Gasteiger partial charge in [0.05, 0.1) is 35.8 Å². The first-order chi connectivity index (χ1) is 26.7. The number of nitrogens with zero attached hydrogens (tertiary/aromatic N) is 4. The molecule has 0 spiro atoms. The van der Waals surface area contributed by atoms with Crippen LogP contribution in [0.2, 0.25) is 0 Å². The highest BCUT2D eigenvalue weighted by molar-refractivity contribution is 7.09. The summed E-state index contributed by atoms with van der Waals surface area (Å²) in [6.45, 7) is 8.11. The molecule has 0 radical (unpaired) electrons. The number of morpholine rings is 1. The molecule has 3 heterocycles. The Morgan fingerprint density at radius 1 is 0.855 bits per heavy atom. The number of nitrogens with one attached hydrogen (secondary N) is 3. The van der Waals surface area contributed by atoms with E-state index in [1.165, 1.54) is 11.3 Å². The van der Waals surface area contributed by atoms with E-state index >= 15 is 0 Å². The van der Waals surface area contributed by atoms with E-state index in [0.717, 1.165) is 40.5 Å². The second-order valence-electron chi connectivity index (χ2n) is 14.4. The Labute approximate surface area is 329 Å². The van der Waals surface area contributed by atoms with E-state index < -0.39 is 12.1 Å². The SMILES string of the molecule is CC(C)c1cccc(CN(C)C(=O)NC(CCN2CCOCC2)C(=O)NC(CCC(Cc2ccccc2)NC(=O)OCc2cncs2)Cc2ccccc2)n1. The van der Waals surface area contributed by atoms with Gasteiger partial charge in [0.25, 0.3) is 0 Å². The van der Waals surface area contributed by atoms with E-state index in [0.29, 0.717) is 58.4 Å². The molecule has 0 bridgehead atoms. The summed E-state index contributed by atoms with van der Waals surface area (Å²) < 4.78 is 11.1. The van der Waals surface area contributed by atoms with Crippen LogP contribution in [0.15, 0.2) is 90.6 Å². The topological polar surface area (TPSA) is 138 Å². The fourth-order valence-corrected chi connectivity index (χ4v) is 7.00. The molecule has 1 aliphatic rings. The first kappa shape index (κ1) is 41.3. The van der Waals surface area contributed by atoms with Crippen molar-refractivity contribution in [2.75, 3.05) is 39.9 Å². The van der Waals surface area contributed by atoms with Gasteiger partial charge in [0.2, 0.25) is 5.91 Å². The summed E-state index contributed by atoms with van der Waals surface area (Å²) in [5.74, 6) is 0.0241. The maximum atomic E-state index is 14.3. The molecule has 55 heavy (non-hydrogen) atoms. The van der Waals surface area contributed by atoms with Crippen LogP contribution >= 0.6 is 11.3 Å². The number of hydrogen-bond acceptors (Lipinski definition) is 9. The Hall–Kier alpha value is -4.85. The summed E-state index contributed by atoms with van der Waals surface area (Å²) in [6, 6.07) is 24.3. The number of urea groups is 1. The average molecular weight is 770 g/mol. The minimum atomic E-state index is -0.772. The summed E-state index contributed by atoms with van der Waals surface area (Å²) >= 11 is 1.43. The van der Waals surface area contributed by atoms with Crippen molar-refractivity contribution in [1.29, 1.82) is 0 Å². The molecule has 1 saturated heterocycles. The molecular weight excluding hydrogens is 715 g/mol. The Balaban J connectivity index is 1.28. The Morgan fingerprint density at radius 2 is 1.51 bits per heavy atom. The summed E-state index contributed by atoms with van der Waals surface area (Å²) in [6.07, 6.45) is 3.97. The molecule has 0 saturated carbocycles. The van der Waals surface area contributed by atoms with Gasteiger partial charge in [-0.2, -0.15) is 0 Å². The molecular formula is C42H55N7O5S. The van der Waals surface area contributed by atoms with Crippen molar-refractivity contribution in [1.82, 2.24) is 35.7 Å². The predicted octanol–water partition coefficient (Wildman–Crippen LogP) is 5.94. The smallest absolute Gasteiger partial charge is 0.407 e. The summed E-state index contributed by atoms with van der Waals surface area (Å²) in [7, 11) is 1.72. The summed E-state index contributed by atoms with van der Waals surface area (Å²) in [5.41, 5.74) is 5.62. The minimum absolute atomic E-state index is 0.148. The number of thiazole rings is 1. The van der Waals surface area contributed by atoms with Crippen LogP contribution in [0.3, 0.4) is 0 Å². The first-order valence-electron chi connectivity index (χ1n) is 19.2. The zero-order chi connectivity index (χ0) is 38.8. The quantitative estimate of drug-likeness (QED) is 0.107. The maximum absolute atomic E-state index is 14.3. The highest BCUT2D eigenvalue weighted by atomic mass is 32.1. The van der Waals surface area contributed by atoms with Crippen LogP contribution in [0.4, 0.5) is 9.59 Å². The van der Waals surface area contributed by atoms with Crippen LogP contribution in [0, 0.1) is 0 Å². The number of alkyl carbamates (subject to hydrolysis) is 1. The van der Waals surface area contributed by atoms with Crippen LogP contribution < -0.4 is 16.0 Å². The predicted molar refractivity (Wildman–Crippen MR) is 215 cm³/mol. The lowest BCUT2D eigenvalue weighted by Gasteiger charge is -2.30. The van der Waals surface area contributed by atoms with Gasteiger partial charge in [-0.1, -0.05) is 80.6 Å². The number of pyridine rings is 1. The summed E-state index contributed by atoms with van der Waals surface area (Å²) in [5, 5.41) is 9.43. The van der Waals surface area contributed by atoms with Crippen LogP contribution in [0.5, 0.6) is 0 Å². The van der Waals surface area contributed by atoms with E-state index in [9.17, 15) is 14.4 Å². The molecule has 294 valence electrons. The number of rotatable bonds is 19. The zero-order valence-corrected chi connectivity index (χ0v) is 33.0. The highest BCUT2D eigenvalue weighted by Crippen LogP contribution is 2.16. The van der Waals surface area contributed by atoms with Crippen LogP contribution in [0.1, 0.15) is 66.4 Å². The van der Waals surface area contributed by atoms with Gasteiger partial charge < -0.3 is 30.3 Å². The van der Waals surface area contributed by atoms with Crippen molar-refractivity contribution in [3.63, 3.8) is 0 Å². The minimum Gasteiger partial charge on any atom is -0.444 e. The first-order valence-corrected chi connectivity index (χ1v) is 20.1. The highest BCUT2D eigenvalue weighted by Gasteiger charge is 2.27. The molecule has 3 unspecified atom stereocenters. The molecule has 3 N–H and O–H groups in total. The lowest BCUT2D eigenvalue weighted by Crippen LogP contribution is -2.54. The second kappa shape index (κ2) is 21.9. The van der Waals surface area contributed by atoms with Crippen LogP contribution in [0.25, 0.3) is 0 Å². The molecule has 3 atom stereocenters. The van der Waals surface area contributed by atoms with Crippen molar-refractivity contribution < 1.29 is 23.9 Å². The molecule has 1 fully saturated rings. The largest absolute Gasteiger partial charge is 0.444 e. The lowest BCUT2D eigenvalue weighted by atomic mass is 9.95. The normalized spacial score (nSPS) is 14.8. The van der Waals surface area contributed by atoms with Crippen molar-refractivity contribution in [2.24, 2.45) is 0 Å². The fourth-order valence-electron chi connectivity index (χ4n) is 6.50. The number of carbonyl (C=O) groups is 3. The monoisotopic (exact) mass is 769 g/mol. The number of benzene rings is 2. The molecule has 0 aliphatic carbocycles. The lowest BCUT2D eigenvalue weighted by molar-refractivity contribution is -0.124. The number of aromatic nitrogens is 2. The molecule has 1 aliphatic heterocycles. The average Bonchev–Trinajstić information content (AvgIpc) is 3.73. The third-order valence-electron chi connectivity index (χ3n) is 9.63. The third kappa shape index (κ3) is 14.4. The van der Waals surface area contributed by atoms with E-state index in [1.54, 1.807) is 23.7 Å². The molecule has 4 aromatic rings. The van der Waals surface area contributed by atoms with Crippen LogP contribution in [-0.2, 0) is 40.3 Å². The van der Waals surface area contributed by atoms with Crippen molar-refractivity contribution >= 4 is 29.4 Å². The van der Waals surface area contributed by atoms with Gasteiger partial charge in [-0.25, -0.2) is 9.59 Å². The Kier molecular flexibility index (Phi) is 16.4. The standard InChI is InChI=1S/C42H55N7O5S/c1-31(2)38-16-10-15-36(44-38)28-48(3)41(51)47-39(19-20-49-21-23-53-24-22-49)40(50)45-34(25-32-11-6-4-7-12-32)17-18-35(26-33-13-8-5-9-14-33)46-42(52)54-29-37-27-43-30-55-37/h4-16,27,30-31,34-35,39H,17-26,28-29H2,1-3H3,(H,45,50)(H,46,52)(H,47,51). The molecule has 4 amide bonds. The maximum Gasteiger partial charge on any atom is 0.407 e. The van der Waals surface area contributed by atoms with E-state index in [-0.39, 0.29) is 36.5 Å². The van der Waals surface area contributed by atoms with E-state index in [2.05, 4.69) is 39.7 Å². The third-order valence-corrected chi connectivity index (χ3v) is 10.4. The summed E-state index contributed by atoms with van der Waals surface area (Å²) in [4.78, 5) is 54.4. The fraction of sp³-hybridized carbons (Fsp3) is 0.452. The van der Waals surface area contributed by atoms with Gasteiger partial charge in [-0.3, -0.25) is 19.7 Å². The van der Waals surface area contributed by atoms with Gasteiger partial charge in [0, 0.05) is 50.7 Å². The molecule has 12 nitrogen and oxygen atoms in total.